The first-order valence-corrected chi connectivity index (χ1v) is 7.47. The highest BCUT2D eigenvalue weighted by atomic mass is 32.2. The first-order chi connectivity index (χ1) is 8.81. The van der Waals surface area contributed by atoms with Crippen molar-refractivity contribution in [1.82, 2.24) is 0 Å². The van der Waals surface area contributed by atoms with Gasteiger partial charge >= 0.3 is 0 Å². The maximum Gasteiger partial charge on any atom is 0.166 e. The van der Waals surface area contributed by atoms with Gasteiger partial charge in [-0.05, 0) is 29.1 Å². The van der Waals surface area contributed by atoms with E-state index in [0.29, 0.717) is 0 Å². The number of benzene rings is 1. The Kier molecular flexibility index (Phi) is 3.34. The summed E-state index contributed by atoms with van der Waals surface area (Å²) in [7, 11) is 0. The zero-order valence-corrected chi connectivity index (χ0v) is 11.1. The van der Waals surface area contributed by atoms with Crippen LogP contribution in [0.1, 0.15) is 10.4 Å². The highest BCUT2D eigenvalue weighted by Gasteiger charge is 2.14. The van der Waals surface area contributed by atoms with E-state index in [1.54, 1.807) is 23.1 Å². The molecule has 2 aromatic rings. The first kappa shape index (κ1) is 11.7. The second kappa shape index (κ2) is 5.12. The van der Waals surface area contributed by atoms with Gasteiger partial charge in [0.2, 0.25) is 0 Å². The zero-order chi connectivity index (χ0) is 12.4. The van der Waals surface area contributed by atoms with Gasteiger partial charge in [-0.1, -0.05) is 12.1 Å². The minimum absolute atomic E-state index is 0.0390. The van der Waals surface area contributed by atoms with Gasteiger partial charge in [0.15, 0.2) is 5.50 Å². The van der Waals surface area contributed by atoms with Crippen molar-refractivity contribution in [3.63, 3.8) is 0 Å². The molecule has 1 aliphatic rings. The molecule has 0 saturated carbocycles. The molecule has 1 N–H and O–H groups in total. The fourth-order valence-corrected chi connectivity index (χ4v) is 3.31. The maximum atomic E-state index is 12.8. The Bertz CT molecular complexity index is 563. The highest BCUT2D eigenvalue weighted by molar-refractivity contribution is 7.99. The zero-order valence-electron chi connectivity index (χ0n) is 9.47. The number of hydrogen-bond acceptors (Lipinski definition) is 4. The van der Waals surface area contributed by atoms with Crippen LogP contribution in [0, 0.1) is 5.82 Å². The number of anilines is 1. The molecule has 1 aliphatic heterocycles. The molecule has 1 unspecified atom stereocenters. The van der Waals surface area contributed by atoms with Crippen LogP contribution in [0.3, 0.4) is 0 Å². The van der Waals surface area contributed by atoms with Gasteiger partial charge < -0.3 is 5.32 Å². The van der Waals surface area contributed by atoms with Crippen LogP contribution in [0.15, 0.2) is 40.7 Å². The molecule has 18 heavy (non-hydrogen) atoms. The molecular weight excluding hydrogens is 267 g/mol. The summed E-state index contributed by atoms with van der Waals surface area (Å²) in [5, 5.41) is 5.41. The van der Waals surface area contributed by atoms with Crippen LogP contribution in [0.5, 0.6) is 0 Å². The number of hydrogen-bond donors (Lipinski definition) is 1. The number of nitrogens with one attached hydrogen (secondary N) is 1. The number of nitrogens with zero attached hydrogens (tertiary/aromatic N) is 1. The summed E-state index contributed by atoms with van der Waals surface area (Å²) in [6, 6.07) is 8.67. The minimum Gasteiger partial charge on any atom is -0.354 e. The van der Waals surface area contributed by atoms with Crippen molar-refractivity contribution >= 4 is 35.0 Å². The first-order valence-electron chi connectivity index (χ1n) is 5.54. The summed E-state index contributed by atoms with van der Waals surface area (Å²) in [6.07, 6.45) is 1.92. The van der Waals surface area contributed by atoms with Crippen molar-refractivity contribution in [2.45, 2.75) is 11.3 Å². The SMILES string of the molecule is Fc1ccc(CSC2N=Cc3sccc3N2)cc1. The third-order valence-corrected chi connectivity index (χ3v) is 4.53. The van der Waals surface area contributed by atoms with Crippen LogP contribution in [0.2, 0.25) is 0 Å². The predicted molar refractivity (Wildman–Crippen MR) is 77.0 cm³/mol. The summed E-state index contributed by atoms with van der Waals surface area (Å²) < 4.78 is 12.8. The maximum absolute atomic E-state index is 12.8. The quantitative estimate of drug-likeness (QED) is 0.919. The molecule has 3 rings (SSSR count). The van der Waals surface area contributed by atoms with E-state index in [1.165, 1.54) is 17.0 Å². The molecule has 0 fully saturated rings. The van der Waals surface area contributed by atoms with E-state index in [0.717, 1.165) is 17.0 Å². The molecule has 1 atom stereocenters. The molecule has 0 saturated heterocycles. The average Bonchev–Trinajstić information content (AvgIpc) is 2.85. The molecule has 0 spiro atoms. The number of thiophene rings is 1. The number of thioether (sulfide) groups is 1. The molecule has 0 amide bonds. The summed E-state index contributed by atoms with van der Waals surface area (Å²) >= 11 is 3.38. The summed E-state index contributed by atoms with van der Waals surface area (Å²) in [6.45, 7) is 0. The smallest absolute Gasteiger partial charge is 0.166 e. The van der Waals surface area contributed by atoms with Crippen molar-refractivity contribution in [3.8, 4) is 0 Å². The molecular formula is C13H11FN2S2. The van der Waals surface area contributed by atoms with Gasteiger partial charge in [0, 0.05) is 12.0 Å². The third kappa shape index (κ3) is 2.57. The van der Waals surface area contributed by atoms with Crippen LogP contribution in [0.25, 0.3) is 0 Å². The Morgan fingerprint density at radius 3 is 2.94 bits per heavy atom. The summed E-state index contributed by atoms with van der Waals surface area (Å²) in [5.41, 5.74) is 2.29. The van der Waals surface area contributed by atoms with Gasteiger partial charge in [0.1, 0.15) is 5.82 Å². The van der Waals surface area contributed by atoms with Crippen molar-refractivity contribution in [2.75, 3.05) is 5.32 Å². The van der Waals surface area contributed by atoms with Gasteiger partial charge in [-0.15, -0.1) is 23.1 Å². The largest absolute Gasteiger partial charge is 0.354 e. The van der Waals surface area contributed by atoms with Crippen LogP contribution >= 0.6 is 23.1 Å². The minimum atomic E-state index is -0.194. The lowest BCUT2D eigenvalue weighted by atomic mass is 10.2. The van der Waals surface area contributed by atoms with E-state index < -0.39 is 0 Å². The Labute approximate surface area is 113 Å². The average molecular weight is 278 g/mol. The monoisotopic (exact) mass is 278 g/mol. The van der Waals surface area contributed by atoms with E-state index >= 15 is 0 Å². The molecule has 1 aromatic heterocycles. The number of halogens is 1. The van der Waals surface area contributed by atoms with E-state index in [-0.39, 0.29) is 11.3 Å². The van der Waals surface area contributed by atoms with Crippen molar-refractivity contribution in [1.29, 1.82) is 0 Å². The molecule has 2 nitrogen and oxygen atoms in total. The Hall–Kier alpha value is -1.33. The Balaban J connectivity index is 1.60. The van der Waals surface area contributed by atoms with E-state index in [9.17, 15) is 4.39 Å². The van der Waals surface area contributed by atoms with E-state index in [1.807, 2.05) is 18.3 Å². The number of fused-ring (bicyclic) bond motifs is 1. The normalized spacial score (nSPS) is 17.3. The van der Waals surface area contributed by atoms with Gasteiger partial charge in [0.25, 0.3) is 0 Å². The predicted octanol–water partition coefficient (Wildman–Crippen LogP) is 3.95. The summed E-state index contributed by atoms with van der Waals surface area (Å²) in [5.74, 6) is 0.620. The number of aliphatic imine (C=N–C) groups is 1. The molecule has 92 valence electrons. The van der Waals surface area contributed by atoms with Gasteiger partial charge in [-0.25, -0.2) is 4.39 Å². The Morgan fingerprint density at radius 1 is 1.28 bits per heavy atom. The summed E-state index contributed by atoms with van der Waals surface area (Å²) in [4.78, 5) is 5.61. The lowest BCUT2D eigenvalue weighted by Gasteiger charge is -2.18. The van der Waals surface area contributed by atoms with Crippen LogP contribution in [-0.2, 0) is 5.75 Å². The second-order valence-electron chi connectivity index (χ2n) is 3.91. The molecule has 0 bridgehead atoms. The van der Waals surface area contributed by atoms with Gasteiger partial charge in [-0.2, -0.15) is 0 Å². The lowest BCUT2D eigenvalue weighted by Crippen LogP contribution is -2.17. The van der Waals surface area contributed by atoms with Gasteiger partial charge in [0.05, 0.1) is 10.6 Å². The van der Waals surface area contributed by atoms with Crippen LogP contribution in [0.4, 0.5) is 10.1 Å². The fourth-order valence-electron chi connectivity index (χ4n) is 1.69. The van der Waals surface area contributed by atoms with Crippen molar-refractivity contribution in [2.24, 2.45) is 4.99 Å². The lowest BCUT2D eigenvalue weighted by molar-refractivity contribution is 0.627. The molecule has 5 heteroatoms. The number of rotatable bonds is 3. The standard InChI is InChI=1S/C13H11FN2S2/c14-10-3-1-9(2-4-10)8-18-13-15-7-12-11(16-13)5-6-17-12/h1-7,13,16H,8H2. The topological polar surface area (TPSA) is 24.4 Å². The molecule has 0 radical (unpaired) electrons. The van der Waals surface area contributed by atoms with E-state index in [4.69, 9.17) is 0 Å². The second-order valence-corrected chi connectivity index (χ2v) is 5.93. The Morgan fingerprint density at radius 2 is 2.11 bits per heavy atom. The molecule has 0 aliphatic carbocycles. The van der Waals surface area contributed by atoms with Crippen molar-refractivity contribution in [3.05, 3.63) is 52.0 Å². The fraction of sp³-hybridized carbons (Fsp3) is 0.154. The molecule has 2 heterocycles. The molecule has 1 aromatic carbocycles. The van der Waals surface area contributed by atoms with Crippen molar-refractivity contribution < 1.29 is 4.39 Å². The van der Waals surface area contributed by atoms with Gasteiger partial charge in [-0.3, -0.25) is 4.99 Å². The van der Waals surface area contributed by atoms with E-state index in [2.05, 4.69) is 21.8 Å². The highest BCUT2D eigenvalue weighted by Crippen LogP contribution is 2.29. The van der Waals surface area contributed by atoms with Crippen LogP contribution < -0.4 is 5.32 Å². The third-order valence-electron chi connectivity index (χ3n) is 2.62. The van der Waals surface area contributed by atoms with Crippen LogP contribution in [-0.4, -0.2) is 11.7 Å².